The fraction of sp³-hybridized carbons (Fsp3) is 0.400. The van der Waals surface area contributed by atoms with E-state index in [1.807, 2.05) is 11.8 Å². The van der Waals surface area contributed by atoms with E-state index in [9.17, 15) is 0 Å². The molecular weight excluding hydrogens is 246 g/mol. The van der Waals surface area contributed by atoms with Gasteiger partial charge in [-0.05, 0) is 24.6 Å². The van der Waals surface area contributed by atoms with Crippen LogP contribution in [-0.4, -0.2) is 11.8 Å². The Kier molecular flexibility index (Phi) is 2.84. The van der Waals surface area contributed by atoms with E-state index >= 15 is 0 Å². The van der Waals surface area contributed by atoms with Crippen LogP contribution < -0.4 is 5.32 Å². The number of benzene rings is 1. The molecular formula is C10H12BrNS. The predicted molar refractivity (Wildman–Crippen MR) is 62.6 cm³/mol. The fourth-order valence-electron chi connectivity index (χ4n) is 1.42. The number of hydrogen-bond acceptors (Lipinski definition) is 2. The van der Waals surface area contributed by atoms with Crippen molar-refractivity contribution < 1.29 is 0 Å². The van der Waals surface area contributed by atoms with Gasteiger partial charge in [-0.2, -0.15) is 0 Å². The highest BCUT2D eigenvalue weighted by Crippen LogP contribution is 2.37. The van der Waals surface area contributed by atoms with Crippen LogP contribution in [0.2, 0.25) is 0 Å². The molecule has 1 unspecified atom stereocenters. The van der Waals surface area contributed by atoms with Gasteiger partial charge in [0.1, 0.15) is 0 Å². The summed E-state index contributed by atoms with van der Waals surface area (Å²) in [6, 6.07) is 6.43. The van der Waals surface area contributed by atoms with Gasteiger partial charge < -0.3 is 5.32 Å². The third-order valence-corrected chi connectivity index (χ3v) is 4.15. The van der Waals surface area contributed by atoms with Crippen molar-refractivity contribution in [2.75, 3.05) is 11.9 Å². The molecule has 1 nitrogen and oxygen atoms in total. The van der Waals surface area contributed by atoms with Gasteiger partial charge in [0, 0.05) is 26.9 Å². The molecule has 0 saturated heterocycles. The summed E-state index contributed by atoms with van der Waals surface area (Å²) in [6.45, 7) is 3.33. The minimum Gasteiger partial charge on any atom is -0.383 e. The van der Waals surface area contributed by atoms with Crippen LogP contribution in [0.4, 0.5) is 5.69 Å². The third-order valence-electron chi connectivity index (χ3n) is 2.21. The van der Waals surface area contributed by atoms with Gasteiger partial charge in [-0.3, -0.25) is 0 Å². The standard InChI is InChI=1S/C10H12BrNS/c1-2-8-6-12-9-5-7(11)3-4-10(9)13-8/h3-5,8,12H,2,6H2,1H3. The van der Waals surface area contributed by atoms with Crippen LogP contribution in [0.3, 0.4) is 0 Å². The molecule has 1 heterocycles. The van der Waals surface area contributed by atoms with E-state index in [0.29, 0.717) is 0 Å². The Bertz CT molecular complexity index is 314. The normalized spacial score (nSPS) is 20.6. The van der Waals surface area contributed by atoms with Crippen molar-refractivity contribution in [1.82, 2.24) is 0 Å². The van der Waals surface area contributed by atoms with Crippen molar-refractivity contribution in [3.8, 4) is 0 Å². The molecule has 0 bridgehead atoms. The molecule has 0 aliphatic carbocycles. The van der Waals surface area contributed by atoms with Crippen molar-refractivity contribution in [2.24, 2.45) is 0 Å². The van der Waals surface area contributed by atoms with Gasteiger partial charge in [0.15, 0.2) is 0 Å². The van der Waals surface area contributed by atoms with Crippen LogP contribution in [0.15, 0.2) is 27.6 Å². The topological polar surface area (TPSA) is 12.0 Å². The van der Waals surface area contributed by atoms with Gasteiger partial charge in [-0.1, -0.05) is 22.9 Å². The number of nitrogens with one attached hydrogen (secondary N) is 1. The number of anilines is 1. The Labute approximate surface area is 91.4 Å². The van der Waals surface area contributed by atoms with E-state index in [4.69, 9.17) is 0 Å². The van der Waals surface area contributed by atoms with Crippen molar-refractivity contribution in [3.63, 3.8) is 0 Å². The molecule has 13 heavy (non-hydrogen) atoms. The minimum absolute atomic E-state index is 0.730. The Hall–Kier alpha value is -0.150. The Morgan fingerprint density at radius 2 is 2.46 bits per heavy atom. The highest BCUT2D eigenvalue weighted by Gasteiger charge is 2.16. The zero-order valence-electron chi connectivity index (χ0n) is 7.51. The van der Waals surface area contributed by atoms with Crippen LogP contribution in [-0.2, 0) is 0 Å². The first-order valence-electron chi connectivity index (χ1n) is 4.49. The molecule has 1 atom stereocenters. The molecule has 0 aromatic heterocycles. The monoisotopic (exact) mass is 257 g/mol. The average Bonchev–Trinajstić information content (AvgIpc) is 2.17. The Morgan fingerprint density at radius 1 is 1.62 bits per heavy atom. The molecule has 70 valence electrons. The van der Waals surface area contributed by atoms with Crippen molar-refractivity contribution >= 4 is 33.4 Å². The van der Waals surface area contributed by atoms with E-state index in [2.05, 4.69) is 46.4 Å². The second kappa shape index (κ2) is 3.93. The molecule has 1 aromatic rings. The molecule has 1 aliphatic heterocycles. The predicted octanol–water partition coefficient (Wildman–Crippen LogP) is 3.75. The quantitative estimate of drug-likeness (QED) is 0.823. The lowest BCUT2D eigenvalue weighted by molar-refractivity contribution is 0.842. The molecule has 0 saturated carbocycles. The molecule has 0 amide bonds. The molecule has 0 spiro atoms. The number of fused-ring (bicyclic) bond motifs is 1. The average molecular weight is 258 g/mol. The molecule has 1 aliphatic rings. The summed E-state index contributed by atoms with van der Waals surface area (Å²) in [7, 11) is 0. The summed E-state index contributed by atoms with van der Waals surface area (Å²) < 4.78 is 1.15. The second-order valence-corrected chi connectivity index (χ2v) is 5.43. The van der Waals surface area contributed by atoms with E-state index in [1.165, 1.54) is 17.0 Å². The van der Waals surface area contributed by atoms with Gasteiger partial charge in [0.05, 0.1) is 0 Å². The van der Waals surface area contributed by atoms with Crippen LogP contribution in [0, 0.1) is 0 Å². The largest absolute Gasteiger partial charge is 0.383 e. The van der Waals surface area contributed by atoms with Gasteiger partial charge >= 0.3 is 0 Å². The highest BCUT2D eigenvalue weighted by molar-refractivity contribution is 9.10. The summed E-state index contributed by atoms with van der Waals surface area (Å²) in [6.07, 6.45) is 1.23. The maximum Gasteiger partial charge on any atom is 0.0490 e. The van der Waals surface area contributed by atoms with E-state index in [0.717, 1.165) is 16.3 Å². The maximum atomic E-state index is 3.47. The minimum atomic E-state index is 0.730. The summed E-state index contributed by atoms with van der Waals surface area (Å²) in [4.78, 5) is 1.38. The number of thioether (sulfide) groups is 1. The SMILES string of the molecule is CCC1CNc2cc(Br)ccc2S1. The van der Waals surface area contributed by atoms with Crippen LogP contribution in [0.5, 0.6) is 0 Å². The number of halogens is 1. The third kappa shape index (κ3) is 2.02. The first kappa shape index (κ1) is 9.41. The van der Waals surface area contributed by atoms with Crippen molar-refractivity contribution in [2.45, 2.75) is 23.5 Å². The van der Waals surface area contributed by atoms with E-state index < -0.39 is 0 Å². The van der Waals surface area contributed by atoms with Crippen LogP contribution in [0.1, 0.15) is 13.3 Å². The first-order valence-corrected chi connectivity index (χ1v) is 6.17. The second-order valence-electron chi connectivity index (χ2n) is 3.17. The molecule has 1 aromatic carbocycles. The van der Waals surface area contributed by atoms with Crippen LogP contribution in [0.25, 0.3) is 0 Å². The summed E-state index contributed by atoms with van der Waals surface area (Å²) in [5.41, 5.74) is 1.27. The van der Waals surface area contributed by atoms with Gasteiger partial charge in [0.25, 0.3) is 0 Å². The fourth-order valence-corrected chi connectivity index (χ4v) is 2.87. The highest BCUT2D eigenvalue weighted by atomic mass is 79.9. The zero-order chi connectivity index (χ0) is 9.26. The van der Waals surface area contributed by atoms with E-state index in [-0.39, 0.29) is 0 Å². The number of rotatable bonds is 1. The van der Waals surface area contributed by atoms with Gasteiger partial charge in [0.2, 0.25) is 0 Å². The molecule has 0 fully saturated rings. The summed E-state index contributed by atoms with van der Waals surface area (Å²) in [5.74, 6) is 0. The lowest BCUT2D eigenvalue weighted by Crippen LogP contribution is -2.20. The number of hydrogen-bond donors (Lipinski definition) is 1. The Morgan fingerprint density at radius 3 is 3.23 bits per heavy atom. The first-order chi connectivity index (χ1) is 6.29. The van der Waals surface area contributed by atoms with Crippen molar-refractivity contribution in [3.05, 3.63) is 22.7 Å². The van der Waals surface area contributed by atoms with Gasteiger partial charge in [-0.15, -0.1) is 11.8 Å². The molecule has 2 rings (SSSR count). The summed E-state index contributed by atoms with van der Waals surface area (Å²) in [5, 5.41) is 4.18. The molecule has 1 N–H and O–H groups in total. The van der Waals surface area contributed by atoms with Gasteiger partial charge in [-0.25, -0.2) is 0 Å². The lowest BCUT2D eigenvalue weighted by atomic mass is 10.2. The van der Waals surface area contributed by atoms with Crippen LogP contribution >= 0.6 is 27.7 Å². The van der Waals surface area contributed by atoms with E-state index in [1.54, 1.807) is 0 Å². The maximum absolute atomic E-state index is 3.47. The van der Waals surface area contributed by atoms with Crippen molar-refractivity contribution in [1.29, 1.82) is 0 Å². The zero-order valence-corrected chi connectivity index (χ0v) is 9.91. The summed E-state index contributed by atoms with van der Waals surface area (Å²) >= 11 is 5.46. The Balaban J connectivity index is 2.26. The molecule has 0 radical (unpaired) electrons. The lowest BCUT2D eigenvalue weighted by Gasteiger charge is -2.24. The smallest absolute Gasteiger partial charge is 0.0490 e. The molecule has 3 heteroatoms.